The second-order valence-corrected chi connectivity index (χ2v) is 8.61. The van der Waals surface area contributed by atoms with Crippen LogP contribution in [0.2, 0.25) is 0 Å². The van der Waals surface area contributed by atoms with Gasteiger partial charge in [0.15, 0.2) is 11.5 Å². The van der Waals surface area contributed by atoms with E-state index in [1.807, 2.05) is 0 Å². The number of hydrogen-bond donors (Lipinski definition) is 1. The summed E-state index contributed by atoms with van der Waals surface area (Å²) in [5.74, 6) is 0.328. The Labute approximate surface area is 212 Å². The maximum Gasteiger partial charge on any atom is 0.416 e. The number of methoxy groups -OCH3 is 1. The summed E-state index contributed by atoms with van der Waals surface area (Å²) in [6.45, 7) is 5.20. The van der Waals surface area contributed by atoms with Gasteiger partial charge < -0.3 is 19.4 Å². The van der Waals surface area contributed by atoms with Crippen LogP contribution in [0.4, 0.5) is 13.2 Å². The highest BCUT2D eigenvalue weighted by Crippen LogP contribution is 2.34. The number of ether oxygens (including phenoxy) is 1. The van der Waals surface area contributed by atoms with E-state index in [0.717, 1.165) is 12.1 Å². The van der Waals surface area contributed by atoms with Crippen LogP contribution in [0.15, 0.2) is 52.9 Å². The molecule has 1 aromatic heterocycles. The molecule has 0 radical (unpaired) electrons. The molecule has 8 nitrogen and oxygen atoms in total. The molecule has 0 saturated carbocycles. The first-order valence-corrected chi connectivity index (χ1v) is 11.7. The van der Waals surface area contributed by atoms with Crippen molar-refractivity contribution < 1.29 is 31.9 Å². The number of benzene rings is 2. The van der Waals surface area contributed by atoms with Gasteiger partial charge in [-0.05, 0) is 36.4 Å². The fraction of sp³-hybridized carbons (Fsp3) is 0.346. The molecule has 11 heteroatoms. The fourth-order valence-corrected chi connectivity index (χ4v) is 4.06. The average Bonchev–Trinajstić information content (AvgIpc) is 3.34. The van der Waals surface area contributed by atoms with E-state index in [4.69, 9.17) is 9.15 Å². The molecule has 1 aliphatic rings. The molecule has 1 N–H and O–H groups in total. The second kappa shape index (κ2) is 11.0. The molecule has 0 atom stereocenters. The molecule has 37 heavy (non-hydrogen) atoms. The Balaban J connectivity index is 1.53. The number of halogens is 3. The first-order valence-electron chi connectivity index (χ1n) is 11.7. The molecule has 0 bridgehead atoms. The molecule has 0 unspecified atom stereocenters. The van der Waals surface area contributed by atoms with Crippen LogP contribution in [0, 0.1) is 0 Å². The summed E-state index contributed by atoms with van der Waals surface area (Å²) >= 11 is 0. The van der Waals surface area contributed by atoms with Crippen LogP contribution in [0.1, 0.15) is 23.0 Å². The molecule has 2 amide bonds. The Morgan fingerprint density at radius 1 is 1.05 bits per heavy atom. The van der Waals surface area contributed by atoms with Gasteiger partial charge in [0.05, 0.1) is 12.7 Å². The normalized spacial score (nSPS) is 14.5. The molecule has 1 fully saturated rings. The van der Waals surface area contributed by atoms with E-state index in [2.05, 4.69) is 15.2 Å². The summed E-state index contributed by atoms with van der Waals surface area (Å²) in [5, 5.41) is 2.85. The fourth-order valence-electron chi connectivity index (χ4n) is 4.06. The van der Waals surface area contributed by atoms with Gasteiger partial charge in [-0.2, -0.15) is 13.2 Å². The molecule has 3 aromatic rings. The first-order chi connectivity index (χ1) is 17.7. The smallest absolute Gasteiger partial charge is 0.416 e. The van der Waals surface area contributed by atoms with E-state index in [0.29, 0.717) is 56.1 Å². The zero-order valence-electron chi connectivity index (χ0n) is 20.5. The highest BCUT2D eigenvalue weighted by Gasteiger charge is 2.30. The molecular weight excluding hydrogens is 489 g/mol. The van der Waals surface area contributed by atoms with Gasteiger partial charge in [0.25, 0.3) is 5.91 Å². The predicted octanol–water partition coefficient (Wildman–Crippen LogP) is 3.93. The second-order valence-electron chi connectivity index (χ2n) is 8.61. The van der Waals surface area contributed by atoms with E-state index < -0.39 is 17.6 Å². The van der Waals surface area contributed by atoms with E-state index in [1.165, 1.54) is 19.2 Å². The standard InChI is InChI=1S/C26H27F3N4O4/c1-17(34)33-14-12-32(13-15-33)11-10-30-24(35)22-23(19-4-3-5-21(16-19)36-2)37-25(31-22)18-6-8-20(9-7-18)26(27,28)29/h3-9,16H,10-15H2,1-2H3,(H,30,35). The zero-order valence-corrected chi connectivity index (χ0v) is 20.5. The van der Waals surface area contributed by atoms with Gasteiger partial charge in [-0.25, -0.2) is 4.98 Å². The van der Waals surface area contributed by atoms with Gasteiger partial charge in [0.1, 0.15) is 5.75 Å². The van der Waals surface area contributed by atoms with Crippen molar-refractivity contribution in [3.63, 3.8) is 0 Å². The number of nitrogens with one attached hydrogen (secondary N) is 1. The van der Waals surface area contributed by atoms with E-state index in [1.54, 1.807) is 36.1 Å². The van der Waals surface area contributed by atoms with Crippen molar-refractivity contribution >= 4 is 11.8 Å². The largest absolute Gasteiger partial charge is 0.497 e. The average molecular weight is 517 g/mol. The molecule has 2 heterocycles. The molecule has 0 spiro atoms. The predicted molar refractivity (Wildman–Crippen MR) is 130 cm³/mol. The lowest BCUT2D eigenvalue weighted by molar-refractivity contribution is -0.137. The number of carbonyl (C=O) groups excluding carboxylic acids is 2. The van der Waals surface area contributed by atoms with Gasteiger partial charge in [0, 0.05) is 57.3 Å². The number of hydrogen-bond acceptors (Lipinski definition) is 6. The lowest BCUT2D eigenvalue weighted by atomic mass is 10.1. The van der Waals surface area contributed by atoms with Crippen molar-refractivity contribution in [3.05, 3.63) is 59.8 Å². The van der Waals surface area contributed by atoms with Crippen LogP contribution >= 0.6 is 0 Å². The van der Waals surface area contributed by atoms with Crippen molar-refractivity contribution in [2.75, 3.05) is 46.4 Å². The first kappa shape index (κ1) is 26.2. The van der Waals surface area contributed by atoms with Crippen molar-refractivity contribution in [1.82, 2.24) is 20.1 Å². The number of piperazine rings is 1. The molecular formula is C26H27F3N4O4. The van der Waals surface area contributed by atoms with Crippen molar-refractivity contribution in [2.45, 2.75) is 13.1 Å². The van der Waals surface area contributed by atoms with Crippen LogP contribution in [-0.2, 0) is 11.0 Å². The SMILES string of the molecule is COc1cccc(-c2oc(-c3ccc(C(F)(F)F)cc3)nc2C(=O)NCCN2CCN(C(C)=O)CC2)c1. The Bertz CT molecular complexity index is 1250. The molecule has 2 aromatic carbocycles. The topological polar surface area (TPSA) is 87.9 Å². The van der Waals surface area contributed by atoms with Crippen molar-refractivity contribution in [2.24, 2.45) is 0 Å². The Hall–Kier alpha value is -3.86. The summed E-state index contributed by atoms with van der Waals surface area (Å²) in [6, 6.07) is 11.3. The summed E-state index contributed by atoms with van der Waals surface area (Å²) < 4.78 is 50.1. The Kier molecular flexibility index (Phi) is 7.82. The zero-order chi connectivity index (χ0) is 26.6. The lowest BCUT2D eigenvalue weighted by Gasteiger charge is -2.34. The van der Waals surface area contributed by atoms with Gasteiger partial charge in [0.2, 0.25) is 11.8 Å². The number of oxazole rings is 1. The summed E-state index contributed by atoms with van der Waals surface area (Å²) in [5.41, 5.74) is 0.0672. The minimum Gasteiger partial charge on any atom is -0.497 e. The minimum absolute atomic E-state index is 0.0181. The molecule has 1 aliphatic heterocycles. The van der Waals surface area contributed by atoms with Gasteiger partial charge in [-0.3, -0.25) is 14.5 Å². The van der Waals surface area contributed by atoms with Crippen LogP contribution < -0.4 is 10.1 Å². The third-order valence-corrected chi connectivity index (χ3v) is 6.16. The minimum atomic E-state index is -4.47. The number of carbonyl (C=O) groups is 2. The van der Waals surface area contributed by atoms with E-state index >= 15 is 0 Å². The van der Waals surface area contributed by atoms with Crippen LogP contribution in [-0.4, -0.2) is 73.0 Å². The maximum atomic E-state index is 13.1. The third kappa shape index (κ3) is 6.29. The quantitative estimate of drug-likeness (QED) is 0.512. The number of alkyl halides is 3. The summed E-state index contributed by atoms with van der Waals surface area (Å²) in [6.07, 6.45) is -4.47. The Morgan fingerprint density at radius 2 is 1.76 bits per heavy atom. The van der Waals surface area contributed by atoms with Gasteiger partial charge in [-0.15, -0.1) is 0 Å². The Morgan fingerprint density at radius 3 is 2.38 bits per heavy atom. The van der Waals surface area contributed by atoms with E-state index in [-0.39, 0.29) is 23.3 Å². The van der Waals surface area contributed by atoms with Gasteiger partial charge in [-0.1, -0.05) is 12.1 Å². The number of rotatable bonds is 7. The van der Waals surface area contributed by atoms with Crippen LogP contribution in [0.3, 0.4) is 0 Å². The van der Waals surface area contributed by atoms with Crippen LogP contribution in [0.25, 0.3) is 22.8 Å². The van der Waals surface area contributed by atoms with Gasteiger partial charge >= 0.3 is 6.18 Å². The third-order valence-electron chi connectivity index (χ3n) is 6.16. The van der Waals surface area contributed by atoms with E-state index in [9.17, 15) is 22.8 Å². The molecule has 0 aliphatic carbocycles. The number of amides is 2. The monoisotopic (exact) mass is 516 g/mol. The van der Waals surface area contributed by atoms with Crippen LogP contribution in [0.5, 0.6) is 5.75 Å². The maximum absolute atomic E-state index is 13.1. The van der Waals surface area contributed by atoms with Crippen molar-refractivity contribution in [1.29, 1.82) is 0 Å². The summed E-state index contributed by atoms with van der Waals surface area (Å²) in [4.78, 5) is 32.9. The highest BCUT2D eigenvalue weighted by atomic mass is 19.4. The summed E-state index contributed by atoms with van der Waals surface area (Å²) in [7, 11) is 1.51. The molecule has 1 saturated heterocycles. The molecule has 4 rings (SSSR count). The lowest BCUT2D eigenvalue weighted by Crippen LogP contribution is -2.49. The number of aromatic nitrogens is 1. The highest BCUT2D eigenvalue weighted by molar-refractivity contribution is 5.98. The number of nitrogens with zero attached hydrogens (tertiary/aromatic N) is 3. The van der Waals surface area contributed by atoms with Crippen molar-refractivity contribution in [3.8, 4) is 28.5 Å². The molecule has 196 valence electrons.